The molecule has 1 saturated carbocycles. The molecule has 8 nitrogen and oxygen atoms in total. The van der Waals surface area contributed by atoms with Crippen LogP contribution >= 0.6 is 11.8 Å². The number of carbonyl (C=O) groups excluding carboxylic acids is 1. The lowest BCUT2D eigenvalue weighted by atomic mass is 10.2. The van der Waals surface area contributed by atoms with Crippen molar-refractivity contribution in [3.05, 3.63) is 30.1 Å². The van der Waals surface area contributed by atoms with Gasteiger partial charge < -0.3 is 14.5 Å². The Kier molecular flexibility index (Phi) is 6.50. The van der Waals surface area contributed by atoms with E-state index >= 15 is 0 Å². The molecular weight excluding hydrogens is 407 g/mol. The summed E-state index contributed by atoms with van der Waals surface area (Å²) in [5.74, 6) is 0.487. The molecule has 30 heavy (non-hydrogen) atoms. The third kappa shape index (κ3) is 4.74. The van der Waals surface area contributed by atoms with E-state index in [1.54, 1.807) is 12.1 Å². The molecule has 1 aliphatic carbocycles. The molecule has 10 heteroatoms. The van der Waals surface area contributed by atoms with Crippen molar-refractivity contribution in [3.8, 4) is 6.07 Å². The summed E-state index contributed by atoms with van der Waals surface area (Å²) in [6.45, 7) is 3.16. The SMILES string of the molecule is N#CCCN(C(=O)CSc1nnc(N2CCOCC2)n1C1CC1)c1ccc(F)cc1. The Morgan fingerprint density at radius 1 is 1.27 bits per heavy atom. The first kappa shape index (κ1) is 20.6. The van der Waals surface area contributed by atoms with Crippen LogP contribution in [0.25, 0.3) is 0 Å². The topological polar surface area (TPSA) is 87.3 Å². The number of hydrogen-bond donors (Lipinski definition) is 0. The minimum Gasteiger partial charge on any atom is -0.378 e. The third-order valence-electron chi connectivity index (χ3n) is 5.06. The Morgan fingerprint density at radius 2 is 2.00 bits per heavy atom. The van der Waals surface area contributed by atoms with Gasteiger partial charge in [-0.1, -0.05) is 11.8 Å². The minimum atomic E-state index is -0.367. The first-order chi connectivity index (χ1) is 14.7. The maximum atomic E-state index is 13.3. The third-order valence-corrected chi connectivity index (χ3v) is 5.99. The van der Waals surface area contributed by atoms with Crippen LogP contribution in [-0.4, -0.2) is 59.3 Å². The molecule has 1 saturated heterocycles. The van der Waals surface area contributed by atoms with Crippen LogP contribution in [-0.2, 0) is 9.53 Å². The fourth-order valence-corrected chi connectivity index (χ4v) is 4.26. The van der Waals surface area contributed by atoms with E-state index in [1.807, 2.05) is 0 Å². The lowest BCUT2D eigenvalue weighted by Crippen LogP contribution is -2.38. The lowest BCUT2D eigenvalue weighted by Gasteiger charge is -2.28. The van der Waals surface area contributed by atoms with E-state index in [-0.39, 0.29) is 30.4 Å². The van der Waals surface area contributed by atoms with Crippen molar-refractivity contribution in [2.24, 2.45) is 0 Å². The summed E-state index contributed by atoms with van der Waals surface area (Å²) >= 11 is 1.35. The number of amides is 1. The van der Waals surface area contributed by atoms with Gasteiger partial charge in [0, 0.05) is 31.4 Å². The maximum Gasteiger partial charge on any atom is 0.237 e. The van der Waals surface area contributed by atoms with E-state index < -0.39 is 0 Å². The number of rotatable bonds is 8. The lowest BCUT2D eigenvalue weighted by molar-refractivity contribution is -0.116. The first-order valence-electron chi connectivity index (χ1n) is 10.0. The quantitative estimate of drug-likeness (QED) is 0.595. The zero-order chi connectivity index (χ0) is 20.9. The monoisotopic (exact) mass is 430 g/mol. The number of nitrogens with zero attached hydrogens (tertiary/aromatic N) is 6. The summed E-state index contributed by atoms with van der Waals surface area (Å²) in [7, 11) is 0. The van der Waals surface area contributed by atoms with Gasteiger partial charge in [0.05, 0.1) is 31.5 Å². The van der Waals surface area contributed by atoms with Crippen molar-refractivity contribution in [2.75, 3.05) is 48.4 Å². The molecule has 0 radical (unpaired) electrons. The normalized spacial score (nSPS) is 16.3. The van der Waals surface area contributed by atoms with E-state index in [4.69, 9.17) is 10.00 Å². The Morgan fingerprint density at radius 3 is 2.67 bits per heavy atom. The molecule has 4 rings (SSSR count). The largest absolute Gasteiger partial charge is 0.378 e. The number of morpholine rings is 1. The molecule has 2 fully saturated rings. The van der Waals surface area contributed by atoms with Gasteiger partial charge in [0.15, 0.2) is 5.16 Å². The van der Waals surface area contributed by atoms with Crippen molar-refractivity contribution in [1.82, 2.24) is 14.8 Å². The zero-order valence-electron chi connectivity index (χ0n) is 16.5. The Hall–Kier alpha value is -2.64. The van der Waals surface area contributed by atoms with Gasteiger partial charge in [-0.3, -0.25) is 9.36 Å². The molecule has 2 heterocycles. The molecule has 1 amide bonds. The van der Waals surface area contributed by atoms with Crippen LogP contribution in [0.5, 0.6) is 0 Å². The van der Waals surface area contributed by atoms with Gasteiger partial charge in [-0.25, -0.2) is 4.39 Å². The van der Waals surface area contributed by atoms with Gasteiger partial charge in [-0.15, -0.1) is 10.2 Å². The van der Waals surface area contributed by atoms with Crippen molar-refractivity contribution in [1.29, 1.82) is 5.26 Å². The van der Waals surface area contributed by atoms with Crippen molar-refractivity contribution >= 4 is 29.3 Å². The van der Waals surface area contributed by atoms with Gasteiger partial charge >= 0.3 is 0 Å². The molecule has 2 aliphatic rings. The number of ether oxygens (including phenoxy) is 1. The number of nitriles is 1. The first-order valence-corrected chi connectivity index (χ1v) is 11.0. The molecule has 158 valence electrons. The van der Waals surface area contributed by atoms with Crippen LogP contribution in [0.2, 0.25) is 0 Å². The number of anilines is 2. The van der Waals surface area contributed by atoms with E-state index in [0.29, 0.717) is 24.9 Å². The molecule has 1 aromatic heterocycles. The second-order valence-corrected chi connectivity index (χ2v) is 8.14. The highest BCUT2D eigenvalue weighted by atomic mass is 32.2. The number of thioether (sulfide) groups is 1. The number of aromatic nitrogens is 3. The fourth-order valence-electron chi connectivity index (χ4n) is 3.38. The Bertz CT molecular complexity index is 918. The van der Waals surface area contributed by atoms with Crippen molar-refractivity contribution in [2.45, 2.75) is 30.5 Å². The number of carbonyl (C=O) groups is 1. The molecule has 1 aromatic carbocycles. The second kappa shape index (κ2) is 9.45. The molecule has 0 bridgehead atoms. The van der Waals surface area contributed by atoms with Gasteiger partial charge in [-0.05, 0) is 37.1 Å². The smallest absolute Gasteiger partial charge is 0.237 e. The molecule has 1 aliphatic heterocycles. The fraction of sp³-hybridized carbons (Fsp3) is 0.500. The molecular formula is C20H23FN6O2S. The van der Waals surface area contributed by atoms with E-state index in [0.717, 1.165) is 37.0 Å². The van der Waals surface area contributed by atoms with Crippen molar-refractivity contribution in [3.63, 3.8) is 0 Å². The molecule has 2 aromatic rings. The average molecular weight is 431 g/mol. The van der Waals surface area contributed by atoms with Crippen LogP contribution < -0.4 is 9.80 Å². The summed E-state index contributed by atoms with van der Waals surface area (Å²) in [5, 5.41) is 18.4. The minimum absolute atomic E-state index is 0.153. The van der Waals surface area contributed by atoms with Gasteiger partial charge in [0.25, 0.3) is 0 Å². The van der Waals surface area contributed by atoms with E-state index in [1.165, 1.54) is 28.8 Å². The van der Waals surface area contributed by atoms with Gasteiger partial charge in [-0.2, -0.15) is 5.26 Å². The highest BCUT2D eigenvalue weighted by Crippen LogP contribution is 2.41. The predicted molar refractivity (Wildman–Crippen MR) is 111 cm³/mol. The standard InChI is InChI=1S/C20H23FN6O2S/c21-15-2-4-16(5-3-15)26(9-1-8-22)18(28)14-30-20-24-23-19(27(20)17-6-7-17)25-10-12-29-13-11-25/h2-5,17H,1,6-7,9-14H2. The van der Waals surface area contributed by atoms with E-state index in [9.17, 15) is 9.18 Å². The average Bonchev–Trinajstić information content (AvgIpc) is 3.53. The molecule has 0 unspecified atom stereocenters. The Labute approximate surface area is 178 Å². The van der Waals surface area contributed by atoms with Gasteiger partial charge in [0.1, 0.15) is 5.82 Å². The Balaban J connectivity index is 1.47. The molecule has 0 spiro atoms. The summed E-state index contributed by atoms with van der Waals surface area (Å²) in [4.78, 5) is 16.6. The maximum absolute atomic E-state index is 13.3. The van der Waals surface area contributed by atoms with Gasteiger partial charge in [0.2, 0.25) is 11.9 Å². The van der Waals surface area contributed by atoms with Crippen LogP contribution in [0.4, 0.5) is 16.0 Å². The summed E-state index contributed by atoms with van der Waals surface area (Å²) in [6, 6.07) is 8.17. The zero-order valence-corrected chi connectivity index (χ0v) is 17.4. The summed E-state index contributed by atoms with van der Waals surface area (Å²) < 4.78 is 20.8. The van der Waals surface area contributed by atoms with E-state index in [2.05, 4.69) is 25.7 Å². The predicted octanol–water partition coefficient (Wildman–Crippen LogP) is 2.63. The summed E-state index contributed by atoms with van der Waals surface area (Å²) in [6.07, 6.45) is 2.37. The van der Waals surface area contributed by atoms with Crippen molar-refractivity contribution < 1.29 is 13.9 Å². The van der Waals surface area contributed by atoms with Crippen LogP contribution in [0.1, 0.15) is 25.3 Å². The number of halogens is 1. The summed E-state index contributed by atoms with van der Waals surface area (Å²) in [5.41, 5.74) is 0.579. The van der Waals surface area contributed by atoms with Crippen LogP contribution in [0.15, 0.2) is 29.4 Å². The van der Waals surface area contributed by atoms with Crippen LogP contribution in [0, 0.1) is 17.1 Å². The highest BCUT2D eigenvalue weighted by molar-refractivity contribution is 7.99. The molecule has 0 N–H and O–H groups in total. The highest BCUT2D eigenvalue weighted by Gasteiger charge is 2.32. The second-order valence-electron chi connectivity index (χ2n) is 7.20. The number of benzene rings is 1. The van der Waals surface area contributed by atoms with Crippen LogP contribution in [0.3, 0.4) is 0 Å². The number of hydrogen-bond acceptors (Lipinski definition) is 7. The molecule has 0 atom stereocenters.